The van der Waals surface area contributed by atoms with Crippen molar-refractivity contribution in [2.75, 3.05) is 6.54 Å². The van der Waals surface area contributed by atoms with Gasteiger partial charge in [0.2, 0.25) is 0 Å². The van der Waals surface area contributed by atoms with Crippen LogP contribution in [0.5, 0.6) is 0 Å². The van der Waals surface area contributed by atoms with Crippen LogP contribution < -0.4 is 5.73 Å². The van der Waals surface area contributed by atoms with E-state index in [0.29, 0.717) is 13.0 Å². The molecule has 0 aromatic carbocycles. The second-order valence-electron chi connectivity index (χ2n) is 3.28. The van der Waals surface area contributed by atoms with Crippen LogP contribution in [0.15, 0.2) is 22.7 Å². The van der Waals surface area contributed by atoms with Gasteiger partial charge in [0.25, 0.3) is 0 Å². The molecule has 0 aliphatic heterocycles. The summed E-state index contributed by atoms with van der Waals surface area (Å²) in [4.78, 5) is 6.68. The van der Waals surface area contributed by atoms with Gasteiger partial charge in [-0.1, -0.05) is 6.92 Å². The predicted octanol–water partition coefficient (Wildman–Crippen LogP) is 2.47. The molecule has 2 N–H and O–H groups in total. The third-order valence-corrected chi connectivity index (χ3v) is 3.41. The van der Waals surface area contributed by atoms with Gasteiger partial charge in [-0.2, -0.15) is 0 Å². The van der Waals surface area contributed by atoms with Crippen molar-refractivity contribution in [2.24, 2.45) is 5.73 Å². The highest BCUT2D eigenvalue weighted by atomic mass is 32.1. The third-order valence-electron chi connectivity index (χ3n) is 2.16. The minimum Gasteiger partial charge on any atom is -0.440 e. The molecule has 80 valence electrons. The Kier molecular flexibility index (Phi) is 3.18. The highest BCUT2D eigenvalue weighted by Gasteiger charge is 2.07. The molecular formula is C11H14N2OS. The Labute approximate surface area is 92.9 Å². The van der Waals surface area contributed by atoms with Crippen molar-refractivity contribution < 1.29 is 4.42 Å². The van der Waals surface area contributed by atoms with Crippen LogP contribution in [0.25, 0.3) is 10.6 Å². The van der Waals surface area contributed by atoms with Crippen molar-refractivity contribution in [1.82, 2.24) is 4.98 Å². The first-order valence-electron chi connectivity index (χ1n) is 5.07. The van der Waals surface area contributed by atoms with E-state index in [-0.39, 0.29) is 0 Å². The van der Waals surface area contributed by atoms with E-state index in [4.69, 9.17) is 10.2 Å². The van der Waals surface area contributed by atoms with E-state index >= 15 is 0 Å². The fourth-order valence-corrected chi connectivity index (χ4v) is 2.26. The van der Waals surface area contributed by atoms with Crippen LogP contribution in [0.4, 0.5) is 0 Å². The summed E-state index contributed by atoms with van der Waals surface area (Å²) >= 11 is 1.75. The number of nitrogens with two attached hydrogens (primary N) is 1. The Bertz CT molecular complexity index is 433. The molecule has 0 aliphatic rings. The van der Waals surface area contributed by atoms with Gasteiger partial charge >= 0.3 is 0 Å². The van der Waals surface area contributed by atoms with Gasteiger partial charge in [0.15, 0.2) is 11.7 Å². The minimum atomic E-state index is 0.574. The Morgan fingerprint density at radius 1 is 1.47 bits per heavy atom. The van der Waals surface area contributed by atoms with Gasteiger partial charge in [-0.15, -0.1) is 11.3 Å². The van der Waals surface area contributed by atoms with Crippen LogP contribution in [0, 0.1) is 0 Å². The lowest BCUT2D eigenvalue weighted by molar-refractivity contribution is 0.509. The summed E-state index contributed by atoms with van der Waals surface area (Å²) < 4.78 is 5.59. The number of aromatic nitrogens is 1. The second-order valence-corrected chi connectivity index (χ2v) is 4.44. The molecule has 4 heteroatoms. The fraction of sp³-hybridized carbons (Fsp3) is 0.364. The smallest absolute Gasteiger partial charge is 0.196 e. The van der Waals surface area contributed by atoms with Gasteiger partial charge in [0.1, 0.15) is 0 Å². The summed E-state index contributed by atoms with van der Waals surface area (Å²) in [7, 11) is 0. The van der Waals surface area contributed by atoms with Crippen molar-refractivity contribution in [3.63, 3.8) is 0 Å². The molecule has 2 aromatic rings. The van der Waals surface area contributed by atoms with Crippen LogP contribution in [-0.4, -0.2) is 11.5 Å². The quantitative estimate of drug-likeness (QED) is 0.864. The SMILES string of the molecule is CCc1ccc(-c2cnc(CCN)o2)s1. The average Bonchev–Trinajstić information content (AvgIpc) is 2.85. The van der Waals surface area contributed by atoms with E-state index in [1.807, 2.05) is 0 Å². The van der Waals surface area contributed by atoms with E-state index in [1.165, 1.54) is 4.88 Å². The van der Waals surface area contributed by atoms with E-state index < -0.39 is 0 Å². The lowest BCUT2D eigenvalue weighted by atomic mass is 10.3. The van der Waals surface area contributed by atoms with Crippen LogP contribution in [0.3, 0.4) is 0 Å². The number of nitrogens with zero attached hydrogens (tertiary/aromatic N) is 1. The van der Waals surface area contributed by atoms with Crippen LogP contribution in [-0.2, 0) is 12.8 Å². The van der Waals surface area contributed by atoms with E-state index in [2.05, 4.69) is 24.0 Å². The number of hydrogen-bond donors (Lipinski definition) is 1. The first kappa shape index (κ1) is 10.4. The topological polar surface area (TPSA) is 52.0 Å². The predicted molar refractivity (Wildman–Crippen MR) is 62.0 cm³/mol. The maximum atomic E-state index is 5.59. The summed E-state index contributed by atoms with van der Waals surface area (Å²) in [5.74, 6) is 1.57. The van der Waals surface area contributed by atoms with Crippen molar-refractivity contribution in [3.05, 3.63) is 29.1 Å². The van der Waals surface area contributed by atoms with E-state index in [0.717, 1.165) is 22.9 Å². The van der Waals surface area contributed by atoms with Gasteiger partial charge in [0, 0.05) is 17.8 Å². The van der Waals surface area contributed by atoms with Gasteiger partial charge in [0.05, 0.1) is 11.1 Å². The molecule has 0 saturated carbocycles. The second kappa shape index (κ2) is 4.59. The maximum Gasteiger partial charge on any atom is 0.196 e. The lowest BCUT2D eigenvalue weighted by Gasteiger charge is -1.90. The van der Waals surface area contributed by atoms with Crippen molar-refractivity contribution in [3.8, 4) is 10.6 Å². The maximum absolute atomic E-state index is 5.59. The first-order valence-corrected chi connectivity index (χ1v) is 5.89. The molecule has 2 rings (SSSR count). The molecule has 0 bridgehead atoms. The van der Waals surface area contributed by atoms with Gasteiger partial charge in [-0.3, -0.25) is 0 Å². The van der Waals surface area contributed by atoms with Crippen molar-refractivity contribution in [1.29, 1.82) is 0 Å². The Morgan fingerprint density at radius 3 is 3.00 bits per heavy atom. The summed E-state index contributed by atoms with van der Waals surface area (Å²) in [6.07, 6.45) is 3.54. The Hall–Kier alpha value is -1.13. The van der Waals surface area contributed by atoms with E-state index in [1.54, 1.807) is 17.5 Å². The summed E-state index contributed by atoms with van der Waals surface area (Å²) in [5, 5.41) is 0. The molecule has 0 unspecified atom stereocenters. The molecule has 2 heterocycles. The molecule has 0 saturated heterocycles. The standard InChI is InChI=1S/C11H14N2OS/c1-2-8-3-4-10(15-8)9-7-13-11(14-9)5-6-12/h3-4,7H,2,5-6,12H2,1H3. The third kappa shape index (κ3) is 2.27. The molecule has 3 nitrogen and oxygen atoms in total. The van der Waals surface area contributed by atoms with Crippen molar-refractivity contribution in [2.45, 2.75) is 19.8 Å². The summed E-state index contributed by atoms with van der Waals surface area (Å²) in [5.41, 5.74) is 5.44. The average molecular weight is 222 g/mol. The molecule has 0 fully saturated rings. The van der Waals surface area contributed by atoms with Gasteiger partial charge in [-0.25, -0.2) is 4.98 Å². The van der Waals surface area contributed by atoms with Gasteiger partial charge in [-0.05, 0) is 18.6 Å². The normalized spacial score (nSPS) is 10.8. The first-order chi connectivity index (χ1) is 7.33. The van der Waals surface area contributed by atoms with Crippen LogP contribution >= 0.6 is 11.3 Å². The molecular weight excluding hydrogens is 208 g/mol. The monoisotopic (exact) mass is 222 g/mol. The van der Waals surface area contributed by atoms with Crippen molar-refractivity contribution >= 4 is 11.3 Å². The zero-order chi connectivity index (χ0) is 10.7. The fourth-order valence-electron chi connectivity index (χ4n) is 1.36. The lowest BCUT2D eigenvalue weighted by Crippen LogP contribution is -2.02. The molecule has 0 spiro atoms. The largest absolute Gasteiger partial charge is 0.440 e. The molecule has 0 radical (unpaired) electrons. The molecule has 0 aliphatic carbocycles. The number of aryl methyl sites for hydroxylation is 1. The minimum absolute atomic E-state index is 0.574. The van der Waals surface area contributed by atoms with E-state index in [9.17, 15) is 0 Å². The molecule has 2 aromatic heterocycles. The highest BCUT2D eigenvalue weighted by Crippen LogP contribution is 2.28. The number of oxazole rings is 1. The van der Waals surface area contributed by atoms with Crippen LogP contribution in [0.2, 0.25) is 0 Å². The van der Waals surface area contributed by atoms with Crippen LogP contribution in [0.1, 0.15) is 17.7 Å². The summed E-state index contributed by atoms with van der Waals surface area (Å²) in [6.45, 7) is 2.72. The zero-order valence-corrected chi connectivity index (χ0v) is 9.51. The van der Waals surface area contributed by atoms with Gasteiger partial charge < -0.3 is 10.2 Å². The summed E-state index contributed by atoms with van der Waals surface area (Å²) in [6, 6.07) is 4.21. The zero-order valence-electron chi connectivity index (χ0n) is 8.69. The molecule has 0 atom stereocenters. The Morgan fingerprint density at radius 2 is 2.33 bits per heavy atom. The number of hydrogen-bond acceptors (Lipinski definition) is 4. The Balaban J connectivity index is 2.21. The molecule has 0 amide bonds. The number of thiophene rings is 1. The number of rotatable bonds is 4. The highest BCUT2D eigenvalue weighted by molar-refractivity contribution is 7.15. The molecule has 15 heavy (non-hydrogen) atoms.